The molecule has 1 N–H and O–H groups in total. The Kier molecular flexibility index (Phi) is 11.5. The molecule has 0 saturated carbocycles. The maximum absolute atomic E-state index is 13.8. The number of amides is 2. The molecule has 0 fully saturated rings. The third-order valence-electron chi connectivity index (χ3n) is 6.76. The smallest absolute Gasteiger partial charge is 0.261 e. The summed E-state index contributed by atoms with van der Waals surface area (Å²) in [6, 6.07) is 19.9. The fourth-order valence-electron chi connectivity index (χ4n) is 4.14. The van der Waals surface area contributed by atoms with Crippen LogP contribution in [0.3, 0.4) is 0 Å². The molecule has 3 rings (SSSR count). The number of nitrogens with one attached hydrogen (secondary N) is 1. The fourth-order valence-corrected chi connectivity index (χ4v) is 4.95. The highest BCUT2D eigenvalue weighted by Crippen LogP contribution is 2.32. The molecule has 0 aliphatic carbocycles. The third kappa shape index (κ3) is 8.98. The largest absolute Gasteiger partial charge is 0.483 e. The quantitative estimate of drug-likeness (QED) is 0.230. The van der Waals surface area contributed by atoms with Crippen molar-refractivity contribution >= 4 is 50.9 Å². The van der Waals surface area contributed by atoms with Gasteiger partial charge in [-0.1, -0.05) is 93.4 Å². The molecule has 3 aromatic carbocycles. The highest BCUT2D eigenvalue weighted by molar-refractivity contribution is 9.10. The zero-order valence-corrected chi connectivity index (χ0v) is 26.7. The predicted molar refractivity (Wildman–Crippen MR) is 167 cm³/mol. The van der Waals surface area contributed by atoms with Crippen molar-refractivity contribution in [1.82, 2.24) is 10.2 Å². The van der Waals surface area contributed by atoms with E-state index in [0.29, 0.717) is 22.2 Å². The number of carbonyl (C=O) groups excluding carboxylic acids is 2. The number of ether oxygens (including phenoxy) is 1. The van der Waals surface area contributed by atoms with E-state index in [-0.39, 0.29) is 36.4 Å². The first-order chi connectivity index (χ1) is 18.9. The van der Waals surface area contributed by atoms with Crippen LogP contribution < -0.4 is 10.1 Å². The summed E-state index contributed by atoms with van der Waals surface area (Å²) in [5, 5.41) is 3.87. The van der Waals surface area contributed by atoms with E-state index in [1.165, 1.54) is 0 Å². The van der Waals surface area contributed by atoms with Crippen molar-refractivity contribution in [3.63, 3.8) is 0 Å². The summed E-state index contributed by atoms with van der Waals surface area (Å²) in [7, 11) is 0. The van der Waals surface area contributed by atoms with Crippen LogP contribution in [0.5, 0.6) is 5.75 Å². The number of hydrogen-bond acceptors (Lipinski definition) is 3. The number of hydrogen-bond donors (Lipinski definition) is 1. The average Bonchev–Trinajstić information content (AvgIpc) is 2.91. The minimum atomic E-state index is -0.770. The second-order valence-corrected chi connectivity index (χ2v) is 12.6. The molecule has 0 saturated heterocycles. The van der Waals surface area contributed by atoms with Crippen LogP contribution in [0.1, 0.15) is 57.7 Å². The van der Waals surface area contributed by atoms with Gasteiger partial charge in [0, 0.05) is 19.0 Å². The standard InChI is InChI=1S/C32H37BrCl2N2O3/c1-6-21(2)36-31(39)28(17-22-10-8-7-9-11-22)37(19-23-12-14-26(34)27(35)16-23)30(38)20-40-29-15-13-24(18-25(29)33)32(3,4)5/h7-16,18,21,28H,6,17,19-20H2,1-5H3,(H,36,39)/t21-,28-/m1/s1. The SMILES string of the molecule is CC[C@@H](C)NC(=O)[C@@H](Cc1ccccc1)N(Cc1ccc(Cl)c(Cl)c1)C(=O)COc1ccc(C(C)(C)C)cc1Br. The van der Waals surface area contributed by atoms with E-state index in [1.54, 1.807) is 17.0 Å². The summed E-state index contributed by atoms with van der Waals surface area (Å²) >= 11 is 16.0. The third-order valence-corrected chi connectivity index (χ3v) is 8.12. The van der Waals surface area contributed by atoms with Gasteiger partial charge in [-0.3, -0.25) is 9.59 Å². The van der Waals surface area contributed by atoms with E-state index in [2.05, 4.69) is 42.0 Å². The maximum atomic E-state index is 13.8. The molecule has 2 amide bonds. The molecular weight excluding hydrogens is 611 g/mol. The summed E-state index contributed by atoms with van der Waals surface area (Å²) in [5.41, 5.74) is 2.82. The first kappa shape index (κ1) is 32.0. The summed E-state index contributed by atoms with van der Waals surface area (Å²) in [5.74, 6) is 0.0138. The van der Waals surface area contributed by atoms with Crippen molar-refractivity contribution in [3.05, 3.63) is 97.9 Å². The Hall–Kier alpha value is -2.54. The molecule has 3 aromatic rings. The molecule has 0 unspecified atom stereocenters. The first-order valence-corrected chi connectivity index (χ1v) is 14.9. The van der Waals surface area contributed by atoms with Gasteiger partial charge in [0.15, 0.2) is 6.61 Å². The highest BCUT2D eigenvalue weighted by atomic mass is 79.9. The van der Waals surface area contributed by atoms with Gasteiger partial charge in [-0.05, 0) is 75.6 Å². The fraction of sp³-hybridized carbons (Fsp3) is 0.375. The van der Waals surface area contributed by atoms with Crippen LogP contribution in [-0.2, 0) is 28.0 Å². The number of nitrogens with zero attached hydrogens (tertiary/aromatic N) is 1. The number of rotatable bonds is 11. The van der Waals surface area contributed by atoms with Gasteiger partial charge < -0.3 is 15.0 Å². The van der Waals surface area contributed by atoms with Crippen LogP contribution in [-0.4, -0.2) is 35.4 Å². The molecule has 0 aromatic heterocycles. The van der Waals surface area contributed by atoms with Gasteiger partial charge >= 0.3 is 0 Å². The molecule has 8 heteroatoms. The lowest BCUT2D eigenvalue weighted by Crippen LogP contribution is -2.53. The molecule has 0 heterocycles. The van der Waals surface area contributed by atoms with Crippen molar-refractivity contribution in [2.75, 3.05) is 6.61 Å². The summed E-state index contributed by atoms with van der Waals surface area (Å²) in [6.45, 7) is 10.3. The van der Waals surface area contributed by atoms with Gasteiger partial charge in [-0.2, -0.15) is 0 Å². The van der Waals surface area contributed by atoms with Gasteiger partial charge in [0.05, 0.1) is 14.5 Å². The molecule has 0 aliphatic rings. The van der Waals surface area contributed by atoms with Crippen LogP contribution in [0.25, 0.3) is 0 Å². The predicted octanol–water partition coefficient (Wildman–Crippen LogP) is 7.99. The highest BCUT2D eigenvalue weighted by Gasteiger charge is 2.31. The lowest BCUT2D eigenvalue weighted by molar-refractivity contribution is -0.143. The van der Waals surface area contributed by atoms with Crippen molar-refractivity contribution in [2.24, 2.45) is 0 Å². The van der Waals surface area contributed by atoms with Gasteiger partial charge in [0.2, 0.25) is 5.91 Å². The Balaban J connectivity index is 1.94. The van der Waals surface area contributed by atoms with Crippen molar-refractivity contribution in [1.29, 1.82) is 0 Å². The Labute approximate surface area is 256 Å². The summed E-state index contributed by atoms with van der Waals surface area (Å²) in [6.07, 6.45) is 1.12. The van der Waals surface area contributed by atoms with E-state index in [4.69, 9.17) is 27.9 Å². The van der Waals surface area contributed by atoms with Gasteiger partial charge in [-0.15, -0.1) is 0 Å². The van der Waals surface area contributed by atoms with Crippen molar-refractivity contribution < 1.29 is 14.3 Å². The Morgan fingerprint density at radius 1 is 0.975 bits per heavy atom. The number of benzene rings is 3. The summed E-state index contributed by atoms with van der Waals surface area (Å²) < 4.78 is 6.76. The monoisotopic (exact) mass is 646 g/mol. The lowest BCUT2D eigenvalue weighted by atomic mass is 9.87. The number of carbonyl (C=O) groups is 2. The Morgan fingerprint density at radius 2 is 1.68 bits per heavy atom. The second kappa shape index (κ2) is 14.4. The Morgan fingerprint density at radius 3 is 2.27 bits per heavy atom. The molecule has 40 heavy (non-hydrogen) atoms. The van der Waals surface area contributed by atoms with E-state index < -0.39 is 6.04 Å². The average molecular weight is 648 g/mol. The van der Waals surface area contributed by atoms with Crippen LogP contribution in [0.15, 0.2) is 71.2 Å². The molecule has 5 nitrogen and oxygen atoms in total. The van der Waals surface area contributed by atoms with Crippen molar-refractivity contribution in [3.8, 4) is 5.75 Å². The number of halogens is 3. The molecule has 214 valence electrons. The van der Waals surface area contributed by atoms with Crippen LogP contribution >= 0.6 is 39.1 Å². The van der Waals surface area contributed by atoms with Gasteiger partial charge in [0.25, 0.3) is 5.91 Å². The van der Waals surface area contributed by atoms with Gasteiger partial charge in [-0.25, -0.2) is 0 Å². The second-order valence-electron chi connectivity index (χ2n) is 11.0. The Bertz CT molecular complexity index is 1310. The summed E-state index contributed by atoms with van der Waals surface area (Å²) in [4.78, 5) is 29.1. The minimum Gasteiger partial charge on any atom is -0.483 e. The van der Waals surface area contributed by atoms with Gasteiger partial charge in [0.1, 0.15) is 11.8 Å². The topological polar surface area (TPSA) is 58.6 Å². The van der Waals surface area contributed by atoms with Crippen molar-refractivity contribution in [2.45, 2.75) is 71.5 Å². The molecule has 0 spiro atoms. The minimum absolute atomic E-state index is 0.0266. The van der Waals surface area contributed by atoms with Crippen LogP contribution in [0, 0.1) is 0 Å². The molecule has 0 bridgehead atoms. The van der Waals surface area contributed by atoms with E-state index >= 15 is 0 Å². The van der Waals surface area contributed by atoms with E-state index in [9.17, 15) is 9.59 Å². The maximum Gasteiger partial charge on any atom is 0.261 e. The molecule has 0 radical (unpaired) electrons. The lowest BCUT2D eigenvalue weighted by Gasteiger charge is -2.32. The normalized spacial score (nSPS) is 12.9. The van der Waals surface area contributed by atoms with Crippen LogP contribution in [0.2, 0.25) is 10.0 Å². The van der Waals surface area contributed by atoms with E-state index in [0.717, 1.165) is 27.6 Å². The molecule has 0 aliphatic heterocycles. The van der Waals surface area contributed by atoms with Crippen LogP contribution in [0.4, 0.5) is 0 Å². The zero-order valence-electron chi connectivity index (χ0n) is 23.6. The molecular formula is C32H37BrCl2N2O3. The van der Waals surface area contributed by atoms with E-state index in [1.807, 2.05) is 68.4 Å². The zero-order chi connectivity index (χ0) is 29.4. The molecule has 2 atom stereocenters. The first-order valence-electron chi connectivity index (χ1n) is 13.4.